The molecule has 0 bridgehead atoms. The summed E-state index contributed by atoms with van der Waals surface area (Å²) < 4.78 is 25.4. The summed E-state index contributed by atoms with van der Waals surface area (Å²) >= 11 is 7.65. The van der Waals surface area contributed by atoms with Crippen molar-refractivity contribution >= 4 is 46.3 Å². The number of benzene rings is 1. The molecule has 0 saturated heterocycles. The highest BCUT2D eigenvalue weighted by atomic mass is 35.5. The molecule has 0 spiro atoms. The highest BCUT2D eigenvalue weighted by Crippen LogP contribution is 2.37. The Labute approximate surface area is 161 Å². The van der Waals surface area contributed by atoms with Gasteiger partial charge in [-0.3, -0.25) is 9.78 Å². The van der Waals surface area contributed by atoms with Gasteiger partial charge in [0.25, 0.3) is 5.76 Å². The van der Waals surface area contributed by atoms with Crippen LogP contribution in [0.2, 0.25) is 5.02 Å². The van der Waals surface area contributed by atoms with Gasteiger partial charge in [-0.15, -0.1) is 11.3 Å². The lowest BCUT2D eigenvalue weighted by atomic mass is 10.2. The van der Waals surface area contributed by atoms with Gasteiger partial charge in [0.05, 0.1) is 33.4 Å². The first-order valence-electron chi connectivity index (χ1n) is 7.42. The molecule has 0 aliphatic carbocycles. The van der Waals surface area contributed by atoms with Crippen molar-refractivity contribution in [1.29, 1.82) is 0 Å². The van der Waals surface area contributed by atoms with Crippen LogP contribution in [0, 0.1) is 0 Å². The monoisotopic (exact) mass is 411 g/mol. The quantitative estimate of drug-likeness (QED) is 0.555. The molecule has 26 heavy (non-hydrogen) atoms. The number of alkyl halides is 2. The lowest BCUT2D eigenvalue weighted by molar-refractivity contribution is -0.115. The van der Waals surface area contributed by atoms with E-state index < -0.39 is 5.76 Å². The molecule has 0 aliphatic heterocycles. The van der Waals surface area contributed by atoms with Crippen molar-refractivity contribution < 1.29 is 13.6 Å². The number of thioether (sulfide) groups is 1. The second-order valence-electron chi connectivity index (χ2n) is 5.08. The van der Waals surface area contributed by atoms with Gasteiger partial charge >= 0.3 is 0 Å². The first-order valence-corrected chi connectivity index (χ1v) is 9.55. The van der Waals surface area contributed by atoms with Gasteiger partial charge in [-0.05, 0) is 24.3 Å². The van der Waals surface area contributed by atoms with Crippen molar-refractivity contribution in [2.45, 2.75) is 17.1 Å². The van der Waals surface area contributed by atoms with Gasteiger partial charge in [0.1, 0.15) is 5.01 Å². The molecule has 3 aromatic rings. The Morgan fingerprint density at radius 1 is 1.27 bits per heavy atom. The lowest BCUT2D eigenvalue weighted by Crippen LogP contribution is -2.15. The highest BCUT2D eigenvalue weighted by molar-refractivity contribution is 7.99. The van der Waals surface area contributed by atoms with Gasteiger partial charge in [0.15, 0.2) is 0 Å². The van der Waals surface area contributed by atoms with Crippen LogP contribution in [0.5, 0.6) is 0 Å². The van der Waals surface area contributed by atoms with Gasteiger partial charge in [-0.1, -0.05) is 35.5 Å². The van der Waals surface area contributed by atoms with E-state index in [1.54, 1.807) is 17.6 Å². The number of hydrogen-bond donors (Lipinski definition) is 1. The summed E-state index contributed by atoms with van der Waals surface area (Å²) in [7, 11) is 0. The van der Waals surface area contributed by atoms with E-state index in [-0.39, 0.29) is 27.9 Å². The van der Waals surface area contributed by atoms with Crippen LogP contribution in [0.25, 0.3) is 10.7 Å². The summed E-state index contributed by atoms with van der Waals surface area (Å²) in [6.07, 6.45) is 1.69. The molecule has 0 radical (unpaired) electrons. The van der Waals surface area contributed by atoms with Gasteiger partial charge in [-0.25, -0.2) is 4.98 Å². The van der Waals surface area contributed by atoms with Crippen LogP contribution in [0.1, 0.15) is 5.69 Å². The van der Waals surface area contributed by atoms with E-state index >= 15 is 0 Å². The second-order valence-corrected chi connectivity index (χ2v) is 7.34. The molecule has 0 atom stereocenters. The zero-order valence-corrected chi connectivity index (χ0v) is 15.5. The first kappa shape index (κ1) is 18.8. The van der Waals surface area contributed by atoms with Crippen molar-refractivity contribution in [3.8, 4) is 10.7 Å². The fourth-order valence-electron chi connectivity index (χ4n) is 2.17. The Bertz CT molecular complexity index is 906. The Balaban J connectivity index is 1.70. The minimum atomic E-state index is -2.63. The summed E-state index contributed by atoms with van der Waals surface area (Å²) in [4.78, 5) is 21.0. The van der Waals surface area contributed by atoms with Crippen LogP contribution in [0.15, 0.2) is 52.9 Å². The predicted octanol–water partition coefficient (Wildman–Crippen LogP) is 5.35. The maximum absolute atomic E-state index is 12.7. The molecule has 4 nitrogen and oxygen atoms in total. The van der Waals surface area contributed by atoms with Crippen molar-refractivity contribution in [3.63, 3.8) is 0 Å². The number of rotatable bonds is 6. The third-order valence-electron chi connectivity index (χ3n) is 3.23. The molecule has 0 saturated carbocycles. The van der Waals surface area contributed by atoms with Crippen LogP contribution in [-0.4, -0.2) is 21.6 Å². The summed E-state index contributed by atoms with van der Waals surface area (Å²) in [5.41, 5.74) is 1.57. The number of thiazole rings is 1. The molecule has 0 fully saturated rings. The van der Waals surface area contributed by atoms with Crippen LogP contribution >= 0.6 is 34.7 Å². The van der Waals surface area contributed by atoms with E-state index in [1.807, 2.05) is 18.2 Å². The van der Waals surface area contributed by atoms with E-state index in [0.29, 0.717) is 22.5 Å². The summed E-state index contributed by atoms with van der Waals surface area (Å²) in [6.45, 7) is 0. The topological polar surface area (TPSA) is 54.9 Å². The summed E-state index contributed by atoms with van der Waals surface area (Å²) in [5, 5.41) is 5.28. The molecule has 2 aromatic heterocycles. The van der Waals surface area contributed by atoms with Crippen LogP contribution in [0.4, 0.5) is 14.5 Å². The van der Waals surface area contributed by atoms with Gasteiger partial charge in [0, 0.05) is 11.6 Å². The number of amides is 1. The van der Waals surface area contributed by atoms with Gasteiger partial charge in [0.2, 0.25) is 5.91 Å². The maximum Gasteiger partial charge on any atom is 0.289 e. The predicted molar refractivity (Wildman–Crippen MR) is 101 cm³/mol. The second kappa shape index (κ2) is 8.57. The zero-order valence-electron chi connectivity index (χ0n) is 13.2. The van der Waals surface area contributed by atoms with Crippen molar-refractivity contribution in [2.24, 2.45) is 0 Å². The van der Waals surface area contributed by atoms with Gasteiger partial charge in [-0.2, -0.15) is 8.78 Å². The SMILES string of the molecule is O=C(Cc1csc(-c2ccccn2)n1)Nc1cccc(Cl)c1SC(F)F. The van der Waals surface area contributed by atoms with E-state index in [1.165, 1.54) is 23.5 Å². The molecule has 1 amide bonds. The number of halogens is 3. The Morgan fingerprint density at radius 3 is 2.85 bits per heavy atom. The standard InChI is InChI=1S/C17H12ClF2N3OS2/c18-11-4-3-6-12(15(11)26-17(19)20)23-14(24)8-10-9-25-16(22-10)13-5-1-2-7-21-13/h1-7,9,17H,8H2,(H,23,24). The Morgan fingerprint density at radius 2 is 2.12 bits per heavy atom. The zero-order chi connectivity index (χ0) is 18.5. The van der Waals surface area contributed by atoms with Gasteiger partial charge < -0.3 is 5.32 Å². The number of pyridine rings is 1. The Kier molecular flexibility index (Phi) is 6.18. The summed E-state index contributed by atoms with van der Waals surface area (Å²) in [5.74, 6) is -2.99. The molecular weight excluding hydrogens is 400 g/mol. The number of aromatic nitrogens is 2. The molecule has 2 heterocycles. The molecule has 0 aliphatic rings. The van der Waals surface area contributed by atoms with E-state index in [0.717, 1.165) is 5.69 Å². The molecule has 1 N–H and O–H groups in total. The number of nitrogens with one attached hydrogen (secondary N) is 1. The maximum atomic E-state index is 12.7. The Hall–Kier alpha value is -2.03. The molecule has 0 unspecified atom stereocenters. The molecule has 134 valence electrons. The van der Waals surface area contributed by atoms with Crippen molar-refractivity contribution in [1.82, 2.24) is 9.97 Å². The third-order valence-corrected chi connectivity index (χ3v) is 5.42. The highest BCUT2D eigenvalue weighted by Gasteiger charge is 2.16. The molecular formula is C17H12ClF2N3OS2. The normalized spacial score (nSPS) is 10.9. The lowest BCUT2D eigenvalue weighted by Gasteiger charge is -2.11. The number of carbonyl (C=O) groups is 1. The third kappa shape index (κ3) is 4.78. The largest absolute Gasteiger partial charge is 0.325 e. The van der Waals surface area contributed by atoms with Crippen LogP contribution in [0.3, 0.4) is 0 Å². The van der Waals surface area contributed by atoms with E-state index in [4.69, 9.17) is 11.6 Å². The minimum Gasteiger partial charge on any atom is -0.325 e. The van der Waals surface area contributed by atoms with Crippen molar-refractivity contribution in [2.75, 3.05) is 5.32 Å². The first-order chi connectivity index (χ1) is 12.5. The average molecular weight is 412 g/mol. The number of carbonyl (C=O) groups excluding carboxylic acids is 1. The number of hydrogen-bond acceptors (Lipinski definition) is 5. The molecule has 1 aromatic carbocycles. The van der Waals surface area contributed by atoms with E-state index in [2.05, 4.69) is 15.3 Å². The smallest absolute Gasteiger partial charge is 0.289 e. The molecule has 9 heteroatoms. The number of anilines is 1. The van der Waals surface area contributed by atoms with E-state index in [9.17, 15) is 13.6 Å². The fraction of sp³-hybridized carbons (Fsp3) is 0.118. The van der Waals surface area contributed by atoms with Crippen LogP contribution < -0.4 is 5.32 Å². The average Bonchev–Trinajstić information content (AvgIpc) is 3.07. The minimum absolute atomic E-state index is 0.0225. The molecule has 3 rings (SSSR count). The van der Waals surface area contributed by atoms with Crippen molar-refractivity contribution in [3.05, 3.63) is 58.7 Å². The van der Waals surface area contributed by atoms with Crippen LogP contribution in [-0.2, 0) is 11.2 Å². The fourth-order valence-corrected chi connectivity index (χ4v) is 3.88. The number of nitrogens with zero attached hydrogens (tertiary/aromatic N) is 2. The summed E-state index contributed by atoms with van der Waals surface area (Å²) in [6, 6.07) is 10.1.